The van der Waals surface area contributed by atoms with Crippen LogP contribution >= 0.6 is 0 Å². The molecule has 1 fully saturated rings. The van der Waals surface area contributed by atoms with Gasteiger partial charge in [0.25, 0.3) is 5.91 Å². The molecule has 0 radical (unpaired) electrons. The summed E-state index contributed by atoms with van der Waals surface area (Å²) in [5.74, 6) is -1.83. The number of piperazine rings is 1. The van der Waals surface area contributed by atoms with E-state index in [0.717, 1.165) is 0 Å². The van der Waals surface area contributed by atoms with Crippen molar-refractivity contribution in [3.05, 3.63) is 18.7 Å². The van der Waals surface area contributed by atoms with E-state index in [1.165, 1.54) is 15.9 Å². The Hall–Kier alpha value is -2.32. The van der Waals surface area contributed by atoms with Crippen molar-refractivity contribution < 1.29 is 14.0 Å². The van der Waals surface area contributed by atoms with E-state index < -0.39 is 11.7 Å². The maximum atomic E-state index is 12.7. The van der Waals surface area contributed by atoms with Crippen LogP contribution in [0.25, 0.3) is 0 Å². The van der Waals surface area contributed by atoms with Crippen molar-refractivity contribution in [1.82, 2.24) is 30.0 Å². The van der Waals surface area contributed by atoms with Gasteiger partial charge in [0.2, 0.25) is 5.91 Å². The predicted octanol–water partition coefficient (Wildman–Crippen LogP) is -1.17. The van der Waals surface area contributed by atoms with E-state index in [0.29, 0.717) is 26.2 Å². The van der Waals surface area contributed by atoms with E-state index in [4.69, 9.17) is 0 Å². The number of carbonyl (C=O) groups excluding carboxylic acids is 2. The second-order valence-electron chi connectivity index (χ2n) is 4.09. The molecule has 2 amide bonds. The molecule has 0 atom stereocenters. The molecule has 2 heterocycles. The second kappa shape index (κ2) is 5.55. The zero-order valence-electron chi connectivity index (χ0n) is 10.2. The molecule has 0 spiro atoms. The van der Waals surface area contributed by atoms with Gasteiger partial charge in [0, 0.05) is 26.2 Å². The highest BCUT2D eigenvalue weighted by atomic mass is 19.1. The first-order valence-corrected chi connectivity index (χ1v) is 5.70. The Kier molecular flexibility index (Phi) is 3.83. The van der Waals surface area contributed by atoms with Crippen LogP contribution in [-0.2, 0) is 16.1 Å². The topological polar surface area (TPSA) is 84.2 Å². The normalized spacial score (nSPS) is 15.4. The number of nitrogens with zero attached hydrogens (tertiary/aromatic N) is 6. The summed E-state index contributed by atoms with van der Waals surface area (Å²) in [5, 5.41) is 10.5. The minimum atomic E-state index is -0.978. The maximum absolute atomic E-state index is 12.7. The Bertz CT molecular complexity index is 480. The van der Waals surface area contributed by atoms with E-state index in [1.807, 2.05) is 0 Å². The van der Waals surface area contributed by atoms with E-state index >= 15 is 0 Å². The van der Waals surface area contributed by atoms with Crippen molar-refractivity contribution in [1.29, 1.82) is 0 Å². The molecule has 0 aliphatic carbocycles. The Labute approximate surface area is 108 Å². The fraction of sp³-hybridized carbons (Fsp3) is 0.500. The highest BCUT2D eigenvalue weighted by molar-refractivity contribution is 5.90. The Morgan fingerprint density at radius 2 is 1.84 bits per heavy atom. The van der Waals surface area contributed by atoms with Crippen LogP contribution in [0.3, 0.4) is 0 Å². The average Bonchev–Trinajstić information content (AvgIpc) is 2.90. The third kappa shape index (κ3) is 3.12. The number of aromatic nitrogens is 4. The molecule has 1 aliphatic rings. The summed E-state index contributed by atoms with van der Waals surface area (Å²) in [4.78, 5) is 26.2. The molecule has 102 valence electrons. The molecule has 1 aromatic heterocycles. The third-order valence-corrected chi connectivity index (χ3v) is 2.84. The quantitative estimate of drug-likeness (QED) is 0.645. The van der Waals surface area contributed by atoms with E-state index in [9.17, 15) is 14.0 Å². The number of rotatable bonds is 3. The Morgan fingerprint density at radius 1 is 1.21 bits per heavy atom. The molecule has 19 heavy (non-hydrogen) atoms. The van der Waals surface area contributed by atoms with Crippen LogP contribution in [0.4, 0.5) is 4.39 Å². The number of hydrogen-bond donors (Lipinski definition) is 0. The van der Waals surface area contributed by atoms with Crippen LogP contribution in [0.1, 0.15) is 0 Å². The number of amides is 2. The molecule has 0 aromatic carbocycles. The van der Waals surface area contributed by atoms with Gasteiger partial charge < -0.3 is 9.80 Å². The fourth-order valence-electron chi connectivity index (χ4n) is 1.82. The molecule has 1 aliphatic heterocycles. The summed E-state index contributed by atoms with van der Waals surface area (Å²) in [6.45, 7) is 4.33. The molecular weight excluding hydrogens is 255 g/mol. The van der Waals surface area contributed by atoms with Crippen LogP contribution in [0.5, 0.6) is 0 Å². The summed E-state index contributed by atoms with van der Waals surface area (Å²) >= 11 is 0. The van der Waals surface area contributed by atoms with Gasteiger partial charge in [-0.25, -0.2) is 9.07 Å². The first kappa shape index (κ1) is 13.1. The summed E-state index contributed by atoms with van der Waals surface area (Å²) in [6, 6.07) is 0. The molecule has 8 nitrogen and oxygen atoms in total. The maximum Gasteiger partial charge on any atom is 0.282 e. The van der Waals surface area contributed by atoms with Crippen molar-refractivity contribution in [2.24, 2.45) is 0 Å². The minimum Gasteiger partial charge on any atom is -0.338 e. The Morgan fingerprint density at radius 3 is 2.37 bits per heavy atom. The van der Waals surface area contributed by atoms with Crippen molar-refractivity contribution >= 4 is 11.8 Å². The van der Waals surface area contributed by atoms with Gasteiger partial charge in [-0.05, 0) is 10.4 Å². The number of halogens is 1. The van der Waals surface area contributed by atoms with Crippen LogP contribution in [0.15, 0.2) is 18.7 Å². The van der Waals surface area contributed by atoms with Crippen LogP contribution in [0.2, 0.25) is 0 Å². The lowest BCUT2D eigenvalue weighted by Gasteiger charge is -2.34. The standard InChI is InChI=1S/C10H13FN6O2/c1-8(11)10(19)16-4-2-15(3-5-16)9(18)6-17-7-12-13-14-17/h7H,1-6H2. The number of carbonyl (C=O) groups is 2. The highest BCUT2D eigenvalue weighted by Crippen LogP contribution is 2.07. The zero-order chi connectivity index (χ0) is 13.8. The minimum absolute atomic E-state index is 0.0523. The van der Waals surface area contributed by atoms with Crippen molar-refractivity contribution in [3.8, 4) is 0 Å². The van der Waals surface area contributed by atoms with Crippen LogP contribution in [-0.4, -0.2) is 68.0 Å². The second-order valence-corrected chi connectivity index (χ2v) is 4.09. The van der Waals surface area contributed by atoms with Gasteiger partial charge in [-0.15, -0.1) is 5.10 Å². The van der Waals surface area contributed by atoms with Gasteiger partial charge in [0.05, 0.1) is 0 Å². The molecule has 9 heteroatoms. The lowest BCUT2D eigenvalue weighted by atomic mass is 10.3. The van der Waals surface area contributed by atoms with E-state index in [-0.39, 0.29) is 12.5 Å². The average molecular weight is 268 g/mol. The first-order chi connectivity index (χ1) is 9.08. The molecular formula is C10H13FN6O2. The molecule has 2 rings (SSSR count). The first-order valence-electron chi connectivity index (χ1n) is 5.70. The summed E-state index contributed by atoms with van der Waals surface area (Å²) in [7, 11) is 0. The molecule has 0 N–H and O–H groups in total. The summed E-state index contributed by atoms with van der Waals surface area (Å²) in [6.07, 6.45) is 1.35. The molecule has 0 saturated carbocycles. The van der Waals surface area contributed by atoms with Crippen LogP contribution in [0, 0.1) is 0 Å². The SMILES string of the molecule is C=C(F)C(=O)N1CCN(C(=O)Cn2cnnn2)CC1. The summed E-state index contributed by atoms with van der Waals surface area (Å²) < 4.78 is 14.0. The number of hydrogen-bond acceptors (Lipinski definition) is 5. The monoisotopic (exact) mass is 268 g/mol. The van der Waals surface area contributed by atoms with Crippen molar-refractivity contribution in [2.45, 2.75) is 6.54 Å². The van der Waals surface area contributed by atoms with E-state index in [2.05, 4.69) is 22.1 Å². The number of tetrazole rings is 1. The molecule has 1 saturated heterocycles. The molecule has 0 unspecified atom stereocenters. The fourth-order valence-corrected chi connectivity index (χ4v) is 1.82. The van der Waals surface area contributed by atoms with E-state index in [1.54, 1.807) is 4.90 Å². The Balaban J connectivity index is 1.84. The third-order valence-electron chi connectivity index (χ3n) is 2.84. The van der Waals surface area contributed by atoms with Crippen LogP contribution < -0.4 is 0 Å². The lowest BCUT2D eigenvalue weighted by Crippen LogP contribution is -2.51. The largest absolute Gasteiger partial charge is 0.338 e. The van der Waals surface area contributed by atoms with Gasteiger partial charge in [0.1, 0.15) is 12.9 Å². The van der Waals surface area contributed by atoms with Gasteiger partial charge >= 0.3 is 0 Å². The van der Waals surface area contributed by atoms with Gasteiger partial charge in [0.15, 0.2) is 5.83 Å². The lowest BCUT2D eigenvalue weighted by molar-refractivity contribution is -0.138. The van der Waals surface area contributed by atoms with Crippen molar-refractivity contribution in [3.63, 3.8) is 0 Å². The predicted molar refractivity (Wildman–Crippen MR) is 61.2 cm³/mol. The highest BCUT2D eigenvalue weighted by Gasteiger charge is 2.25. The summed E-state index contributed by atoms with van der Waals surface area (Å²) in [5.41, 5.74) is 0. The van der Waals surface area contributed by atoms with Gasteiger partial charge in [-0.2, -0.15) is 0 Å². The molecule has 0 bridgehead atoms. The van der Waals surface area contributed by atoms with Crippen molar-refractivity contribution in [2.75, 3.05) is 26.2 Å². The van der Waals surface area contributed by atoms with Gasteiger partial charge in [-0.3, -0.25) is 9.59 Å². The smallest absolute Gasteiger partial charge is 0.282 e. The van der Waals surface area contributed by atoms with Gasteiger partial charge in [-0.1, -0.05) is 6.58 Å². The molecule has 1 aromatic rings. The zero-order valence-corrected chi connectivity index (χ0v) is 10.2.